The fourth-order valence-electron chi connectivity index (χ4n) is 2.85. The molecule has 0 spiro atoms. The van der Waals surface area contributed by atoms with Gasteiger partial charge in [0.25, 0.3) is 0 Å². The quantitative estimate of drug-likeness (QED) is 0.631. The summed E-state index contributed by atoms with van der Waals surface area (Å²) in [4.78, 5) is 13.8. The van der Waals surface area contributed by atoms with Crippen molar-refractivity contribution in [2.75, 3.05) is 11.4 Å². The highest BCUT2D eigenvalue weighted by molar-refractivity contribution is 5.99. The summed E-state index contributed by atoms with van der Waals surface area (Å²) in [5.74, 6) is 0.803. The van der Waals surface area contributed by atoms with Crippen LogP contribution in [0.2, 0.25) is 0 Å². The number of nitrogens with zero attached hydrogens (tertiary/aromatic N) is 1. The molecule has 0 aliphatic carbocycles. The molecule has 1 aromatic rings. The van der Waals surface area contributed by atoms with Crippen LogP contribution in [0.25, 0.3) is 0 Å². The second-order valence-electron chi connectivity index (χ2n) is 4.77. The first-order valence-corrected chi connectivity index (χ1v) is 5.60. The Labute approximate surface area is 89.9 Å². The monoisotopic (exact) mass is 201 g/mol. The van der Waals surface area contributed by atoms with Crippen LogP contribution >= 0.6 is 0 Å². The standard InChI is InChI=1S/C13H15NO/c1-8-5-10-3-4-12(15)14-7-9(2)11(6-8)13(10)14/h5-6,9H,3-4,7H2,1-2H3. The molecule has 1 unspecified atom stereocenters. The van der Waals surface area contributed by atoms with Gasteiger partial charge in [0, 0.05) is 18.9 Å². The predicted molar refractivity (Wildman–Crippen MR) is 60.3 cm³/mol. The highest BCUT2D eigenvalue weighted by atomic mass is 16.2. The van der Waals surface area contributed by atoms with Gasteiger partial charge in [0.1, 0.15) is 0 Å². The van der Waals surface area contributed by atoms with E-state index in [-0.39, 0.29) is 0 Å². The van der Waals surface area contributed by atoms with E-state index in [0.717, 1.165) is 13.0 Å². The molecule has 78 valence electrons. The predicted octanol–water partition coefficient (Wildman–Crippen LogP) is 2.39. The molecule has 2 nitrogen and oxygen atoms in total. The van der Waals surface area contributed by atoms with Crippen molar-refractivity contribution in [3.8, 4) is 0 Å². The van der Waals surface area contributed by atoms with Crippen LogP contribution in [0.4, 0.5) is 5.69 Å². The summed E-state index contributed by atoms with van der Waals surface area (Å²) >= 11 is 0. The van der Waals surface area contributed by atoms with Crippen molar-refractivity contribution in [1.29, 1.82) is 0 Å². The lowest BCUT2D eigenvalue weighted by atomic mass is 9.94. The smallest absolute Gasteiger partial charge is 0.227 e. The van der Waals surface area contributed by atoms with Crippen molar-refractivity contribution >= 4 is 11.6 Å². The third kappa shape index (κ3) is 1.14. The zero-order chi connectivity index (χ0) is 10.6. The SMILES string of the molecule is Cc1cc2c3c(c1)C(C)CN3C(=O)CC2. The average molecular weight is 201 g/mol. The van der Waals surface area contributed by atoms with E-state index in [1.807, 2.05) is 4.90 Å². The molecule has 0 saturated heterocycles. The number of aryl methyl sites for hydroxylation is 2. The molecule has 3 rings (SSSR count). The number of carbonyl (C=O) groups excluding carboxylic acids is 1. The van der Waals surface area contributed by atoms with Gasteiger partial charge in [-0.25, -0.2) is 0 Å². The third-order valence-corrected chi connectivity index (χ3v) is 3.53. The van der Waals surface area contributed by atoms with E-state index in [9.17, 15) is 4.79 Å². The maximum absolute atomic E-state index is 11.8. The third-order valence-electron chi connectivity index (χ3n) is 3.53. The highest BCUT2D eigenvalue weighted by Gasteiger charge is 2.34. The molecule has 2 heteroatoms. The fraction of sp³-hybridized carbons (Fsp3) is 0.462. The largest absolute Gasteiger partial charge is 0.311 e. The number of anilines is 1. The molecular formula is C13H15NO. The topological polar surface area (TPSA) is 20.3 Å². The maximum atomic E-state index is 11.8. The van der Waals surface area contributed by atoms with E-state index < -0.39 is 0 Å². The van der Waals surface area contributed by atoms with Crippen LogP contribution in [0.3, 0.4) is 0 Å². The molecule has 0 bridgehead atoms. The molecule has 2 aliphatic heterocycles. The van der Waals surface area contributed by atoms with Crippen LogP contribution in [0.1, 0.15) is 36.0 Å². The highest BCUT2D eigenvalue weighted by Crippen LogP contribution is 2.42. The van der Waals surface area contributed by atoms with Crippen LogP contribution < -0.4 is 4.90 Å². The number of benzene rings is 1. The van der Waals surface area contributed by atoms with E-state index in [1.54, 1.807) is 0 Å². The van der Waals surface area contributed by atoms with Gasteiger partial charge in [-0.3, -0.25) is 4.79 Å². The molecule has 1 aromatic carbocycles. The van der Waals surface area contributed by atoms with Gasteiger partial charge >= 0.3 is 0 Å². The summed E-state index contributed by atoms with van der Waals surface area (Å²) < 4.78 is 0. The number of amides is 1. The van der Waals surface area contributed by atoms with Gasteiger partial charge in [-0.05, 0) is 24.5 Å². The minimum atomic E-state index is 0.303. The van der Waals surface area contributed by atoms with Crippen molar-refractivity contribution in [2.45, 2.75) is 32.6 Å². The van der Waals surface area contributed by atoms with E-state index in [0.29, 0.717) is 18.2 Å². The number of hydrogen-bond donors (Lipinski definition) is 0. The van der Waals surface area contributed by atoms with Gasteiger partial charge in [-0.1, -0.05) is 24.6 Å². The molecule has 15 heavy (non-hydrogen) atoms. The lowest BCUT2D eigenvalue weighted by Crippen LogP contribution is -2.33. The van der Waals surface area contributed by atoms with Crippen LogP contribution in [-0.4, -0.2) is 12.5 Å². The van der Waals surface area contributed by atoms with Crippen LogP contribution in [0.15, 0.2) is 12.1 Å². The van der Waals surface area contributed by atoms with Crippen molar-refractivity contribution in [1.82, 2.24) is 0 Å². The Morgan fingerprint density at radius 3 is 2.93 bits per heavy atom. The molecule has 0 saturated carbocycles. The van der Waals surface area contributed by atoms with Crippen molar-refractivity contribution in [3.05, 3.63) is 28.8 Å². The second kappa shape index (κ2) is 2.84. The second-order valence-corrected chi connectivity index (χ2v) is 4.77. The Kier molecular flexibility index (Phi) is 1.70. The average Bonchev–Trinajstić information content (AvgIpc) is 2.52. The minimum Gasteiger partial charge on any atom is -0.311 e. The van der Waals surface area contributed by atoms with Crippen molar-refractivity contribution in [2.24, 2.45) is 0 Å². The van der Waals surface area contributed by atoms with E-state index in [4.69, 9.17) is 0 Å². The molecule has 0 radical (unpaired) electrons. The minimum absolute atomic E-state index is 0.303. The molecule has 2 aliphatic rings. The molecule has 0 N–H and O–H groups in total. The lowest BCUT2D eigenvalue weighted by Gasteiger charge is -2.25. The molecule has 0 fully saturated rings. The van der Waals surface area contributed by atoms with E-state index >= 15 is 0 Å². The fourth-order valence-corrected chi connectivity index (χ4v) is 2.85. The lowest BCUT2D eigenvalue weighted by molar-refractivity contribution is -0.118. The van der Waals surface area contributed by atoms with Crippen LogP contribution in [-0.2, 0) is 11.2 Å². The zero-order valence-corrected chi connectivity index (χ0v) is 9.21. The number of carbonyl (C=O) groups is 1. The summed E-state index contributed by atoms with van der Waals surface area (Å²) in [5.41, 5.74) is 5.29. The van der Waals surface area contributed by atoms with Gasteiger partial charge < -0.3 is 4.90 Å². The van der Waals surface area contributed by atoms with Gasteiger partial charge in [0.05, 0.1) is 5.69 Å². The summed E-state index contributed by atoms with van der Waals surface area (Å²) in [6.45, 7) is 5.23. The summed E-state index contributed by atoms with van der Waals surface area (Å²) in [6, 6.07) is 4.47. The first-order chi connectivity index (χ1) is 7.16. The van der Waals surface area contributed by atoms with Gasteiger partial charge in [-0.15, -0.1) is 0 Å². The van der Waals surface area contributed by atoms with Gasteiger partial charge in [-0.2, -0.15) is 0 Å². The first kappa shape index (κ1) is 8.96. The van der Waals surface area contributed by atoms with Gasteiger partial charge in [0.2, 0.25) is 5.91 Å². The Hall–Kier alpha value is -1.31. The van der Waals surface area contributed by atoms with E-state index in [1.165, 1.54) is 22.4 Å². The van der Waals surface area contributed by atoms with E-state index in [2.05, 4.69) is 26.0 Å². The maximum Gasteiger partial charge on any atom is 0.227 e. The first-order valence-electron chi connectivity index (χ1n) is 5.60. The van der Waals surface area contributed by atoms with Crippen LogP contribution in [0.5, 0.6) is 0 Å². The number of hydrogen-bond acceptors (Lipinski definition) is 1. The molecule has 0 aromatic heterocycles. The zero-order valence-electron chi connectivity index (χ0n) is 9.21. The van der Waals surface area contributed by atoms with Crippen molar-refractivity contribution in [3.63, 3.8) is 0 Å². The Balaban J connectivity index is 2.26. The summed E-state index contributed by atoms with van der Waals surface area (Å²) in [5, 5.41) is 0. The van der Waals surface area contributed by atoms with Gasteiger partial charge in [0.15, 0.2) is 0 Å². The summed E-state index contributed by atoms with van der Waals surface area (Å²) in [6.07, 6.45) is 1.61. The molecule has 1 atom stereocenters. The number of rotatable bonds is 0. The molecular weight excluding hydrogens is 186 g/mol. The van der Waals surface area contributed by atoms with Crippen molar-refractivity contribution < 1.29 is 4.79 Å². The Morgan fingerprint density at radius 1 is 1.33 bits per heavy atom. The summed E-state index contributed by atoms with van der Waals surface area (Å²) in [7, 11) is 0. The normalized spacial score (nSPS) is 23.2. The van der Waals surface area contributed by atoms with Crippen LogP contribution in [0, 0.1) is 6.92 Å². The Bertz CT molecular complexity index is 450. The molecule has 1 amide bonds. The Morgan fingerprint density at radius 2 is 2.13 bits per heavy atom. The molecule has 2 heterocycles.